The zero-order valence-electron chi connectivity index (χ0n) is 17.4. The van der Waals surface area contributed by atoms with Crippen LogP contribution in [0.5, 0.6) is 5.75 Å². The summed E-state index contributed by atoms with van der Waals surface area (Å²) in [4.78, 5) is 47.6. The van der Waals surface area contributed by atoms with Gasteiger partial charge in [0.05, 0.1) is 20.1 Å². The molecule has 0 fully saturated rings. The molecule has 8 nitrogen and oxygen atoms in total. The molecule has 0 spiro atoms. The Morgan fingerprint density at radius 3 is 2.24 bits per heavy atom. The summed E-state index contributed by atoms with van der Waals surface area (Å²) >= 11 is 0. The monoisotopic (exact) mass is 407 g/mol. The Kier molecular flexibility index (Phi) is 10.4. The normalized spacial score (nSPS) is 11.5. The lowest BCUT2D eigenvalue weighted by atomic mass is 10.0. The quantitative estimate of drug-likeness (QED) is 0.418. The van der Waals surface area contributed by atoms with E-state index >= 15 is 0 Å². The Bertz CT molecular complexity index is 697. The van der Waals surface area contributed by atoms with Gasteiger partial charge in [0.25, 0.3) is 5.91 Å². The van der Waals surface area contributed by atoms with Crippen LogP contribution in [-0.4, -0.2) is 50.0 Å². The molecule has 0 aliphatic carbocycles. The summed E-state index contributed by atoms with van der Waals surface area (Å²) in [5.41, 5.74) is 0.466. The Morgan fingerprint density at radius 2 is 1.69 bits per heavy atom. The van der Waals surface area contributed by atoms with Crippen molar-refractivity contribution in [2.75, 3.05) is 20.3 Å². The SMILES string of the molecule is CCOc1ccc(C(=O)CCC(=O)OCC(=O)NC(CC(C)C)C(=O)OC)cc1. The minimum atomic E-state index is -0.799. The van der Waals surface area contributed by atoms with E-state index in [-0.39, 0.29) is 24.5 Å². The fourth-order valence-corrected chi connectivity index (χ4v) is 2.55. The first kappa shape index (κ1) is 24.1. The van der Waals surface area contributed by atoms with Gasteiger partial charge in [-0.3, -0.25) is 14.4 Å². The van der Waals surface area contributed by atoms with E-state index in [0.29, 0.717) is 24.3 Å². The molecule has 1 amide bonds. The van der Waals surface area contributed by atoms with Crippen molar-refractivity contribution in [3.8, 4) is 5.75 Å². The molecule has 0 radical (unpaired) electrons. The van der Waals surface area contributed by atoms with E-state index in [2.05, 4.69) is 10.1 Å². The number of carbonyl (C=O) groups excluding carboxylic acids is 4. The van der Waals surface area contributed by atoms with Crippen LogP contribution in [0.1, 0.15) is 50.4 Å². The van der Waals surface area contributed by atoms with Crippen LogP contribution in [0.3, 0.4) is 0 Å². The van der Waals surface area contributed by atoms with Crippen molar-refractivity contribution in [1.29, 1.82) is 0 Å². The van der Waals surface area contributed by atoms with Gasteiger partial charge in [-0.05, 0) is 43.5 Å². The third-order valence-electron chi connectivity index (χ3n) is 3.94. The average Bonchev–Trinajstić information content (AvgIpc) is 2.69. The lowest BCUT2D eigenvalue weighted by Crippen LogP contribution is -2.44. The van der Waals surface area contributed by atoms with Gasteiger partial charge in [0, 0.05) is 12.0 Å². The summed E-state index contributed by atoms with van der Waals surface area (Å²) in [7, 11) is 1.24. The third kappa shape index (κ3) is 9.23. The summed E-state index contributed by atoms with van der Waals surface area (Å²) in [6.07, 6.45) is 0.223. The Morgan fingerprint density at radius 1 is 1.03 bits per heavy atom. The van der Waals surface area contributed by atoms with Gasteiger partial charge in [-0.2, -0.15) is 0 Å². The molecule has 1 unspecified atom stereocenters. The standard InChI is InChI=1S/C21H29NO7/c1-5-28-16-8-6-15(7-9-16)18(23)10-11-20(25)29-13-19(24)22-17(12-14(2)3)21(26)27-4/h6-9,14,17H,5,10-13H2,1-4H3,(H,22,24). The Labute approximate surface area is 170 Å². The lowest BCUT2D eigenvalue weighted by molar-refractivity contribution is -0.150. The number of ketones is 1. The van der Waals surface area contributed by atoms with Crippen molar-refractivity contribution in [3.05, 3.63) is 29.8 Å². The van der Waals surface area contributed by atoms with E-state index < -0.39 is 30.5 Å². The maximum Gasteiger partial charge on any atom is 0.328 e. The molecule has 8 heteroatoms. The van der Waals surface area contributed by atoms with E-state index in [9.17, 15) is 19.2 Å². The number of hydrogen-bond donors (Lipinski definition) is 1. The van der Waals surface area contributed by atoms with E-state index in [1.165, 1.54) is 7.11 Å². The third-order valence-corrected chi connectivity index (χ3v) is 3.94. The molecule has 0 aliphatic rings. The summed E-state index contributed by atoms with van der Waals surface area (Å²) in [5.74, 6) is -1.21. The molecule has 1 rings (SSSR count). The van der Waals surface area contributed by atoms with Gasteiger partial charge in [-0.1, -0.05) is 13.8 Å². The minimum Gasteiger partial charge on any atom is -0.494 e. The van der Waals surface area contributed by atoms with E-state index in [1.54, 1.807) is 24.3 Å². The molecule has 29 heavy (non-hydrogen) atoms. The predicted molar refractivity (Wildman–Crippen MR) is 106 cm³/mol. The summed E-state index contributed by atoms with van der Waals surface area (Å²) in [5, 5.41) is 2.49. The van der Waals surface area contributed by atoms with E-state index in [4.69, 9.17) is 9.47 Å². The van der Waals surface area contributed by atoms with Gasteiger partial charge in [0.2, 0.25) is 0 Å². The van der Waals surface area contributed by atoms with Crippen LogP contribution in [0, 0.1) is 5.92 Å². The Balaban J connectivity index is 2.41. The van der Waals surface area contributed by atoms with Crippen LogP contribution in [-0.2, 0) is 23.9 Å². The minimum absolute atomic E-state index is 0.0351. The fraction of sp³-hybridized carbons (Fsp3) is 0.524. The number of ether oxygens (including phenoxy) is 3. The average molecular weight is 407 g/mol. The Hall–Kier alpha value is -2.90. The molecule has 0 aromatic heterocycles. The number of nitrogens with one attached hydrogen (secondary N) is 1. The molecule has 1 atom stereocenters. The van der Waals surface area contributed by atoms with Crippen LogP contribution < -0.4 is 10.1 Å². The number of amides is 1. The van der Waals surface area contributed by atoms with Gasteiger partial charge in [0.1, 0.15) is 11.8 Å². The second-order valence-corrected chi connectivity index (χ2v) is 6.81. The molecular formula is C21H29NO7. The van der Waals surface area contributed by atoms with E-state index in [1.807, 2.05) is 20.8 Å². The van der Waals surface area contributed by atoms with Crippen molar-refractivity contribution in [3.63, 3.8) is 0 Å². The van der Waals surface area contributed by atoms with Crippen LogP contribution >= 0.6 is 0 Å². The summed E-state index contributed by atoms with van der Waals surface area (Å²) < 4.78 is 14.9. The van der Waals surface area contributed by atoms with Crippen LogP contribution in [0.15, 0.2) is 24.3 Å². The van der Waals surface area contributed by atoms with Crippen molar-refractivity contribution >= 4 is 23.6 Å². The lowest BCUT2D eigenvalue weighted by Gasteiger charge is -2.18. The first-order valence-electron chi connectivity index (χ1n) is 9.55. The first-order valence-corrected chi connectivity index (χ1v) is 9.55. The zero-order chi connectivity index (χ0) is 21.8. The van der Waals surface area contributed by atoms with Crippen molar-refractivity contribution in [2.45, 2.75) is 46.1 Å². The van der Waals surface area contributed by atoms with Gasteiger partial charge < -0.3 is 19.5 Å². The number of hydrogen-bond acceptors (Lipinski definition) is 7. The molecule has 1 aromatic carbocycles. The molecule has 0 saturated carbocycles. The maximum absolute atomic E-state index is 12.1. The summed E-state index contributed by atoms with van der Waals surface area (Å²) in [6.45, 7) is 5.68. The second kappa shape index (κ2) is 12.5. The highest BCUT2D eigenvalue weighted by molar-refractivity contribution is 5.97. The van der Waals surface area contributed by atoms with Gasteiger partial charge in [-0.15, -0.1) is 0 Å². The highest BCUT2D eigenvalue weighted by Crippen LogP contribution is 2.14. The molecule has 160 valence electrons. The largest absolute Gasteiger partial charge is 0.494 e. The van der Waals surface area contributed by atoms with Crippen molar-refractivity contribution in [1.82, 2.24) is 5.32 Å². The highest BCUT2D eigenvalue weighted by Gasteiger charge is 2.23. The van der Waals surface area contributed by atoms with Crippen LogP contribution in [0.4, 0.5) is 0 Å². The van der Waals surface area contributed by atoms with Crippen molar-refractivity contribution in [2.24, 2.45) is 5.92 Å². The second-order valence-electron chi connectivity index (χ2n) is 6.81. The molecular weight excluding hydrogens is 378 g/mol. The number of Topliss-reactive ketones (excluding diaryl/α,β-unsaturated/α-hetero) is 1. The van der Waals surface area contributed by atoms with Crippen LogP contribution in [0.2, 0.25) is 0 Å². The topological polar surface area (TPSA) is 108 Å². The zero-order valence-corrected chi connectivity index (χ0v) is 17.4. The maximum atomic E-state index is 12.1. The molecule has 1 aromatic rings. The van der Waals surface area contributed by atoms with E-state index in [0.717, 1.165) is 0 Å². The van der Waals surface area contributed by atoms with Crippen LogP contribution in [0.25, 0.3) is 0 Å². The number of rotatable bonds is 12. The molecule has 1 N–H and O–H groups in total. The number of benzene rings is 1. The summed E-state index contributed by atoms with van der Waals surface area (Å²) in [6, 6.07) is 5.84. The van der Waals surface area contributed by atoms with Gasteiger partial charge in [-0.25, -0.2) is 4.79 Å². The molecule has 0 bridgehead atoms. The van der Waals surface area contributed by atoms with Gasteiger partial charge in [0.15, 0.2) is 12.4 Å². The van der Waals surface area contributed by atoms with Gasteiger partial charge >= 0.3 is 11.9 Å². The highest BCUT2D eigenvalue weighted by atomic mass is 16.5. The fourth-order valence-electron chi connectivity index (χ4n) is 2.55. The number of esters is 2. The molecule has 0 saturated heterocycles. The number of methoxy groups -OCH3 is 1. The number of carbonyl (C=O) groups is 4. The predicted octanol–water partition coefficient (Wildman–Crippen LogP) is 2.30. The molecule has 0 aliphatic heterocycles. The first-order chi connectivity index (χ1) is 13.8. The van der Waals surface area contributed by atoms with Crippen molar-refractivity contribution < 1.29 is 33.4 Å². The smallest absolute Gasteiger partial charge is 0.328 e. The molecule has 0 heterocycles.